The van der Waals surface area contributed by atoms with E-state index in [2.05, 4.69) is 15.4 Å². The summed E-state index contributed by atoms with van der Waals surface area (Å²) in [5.41, 5.74) is 0.138. The number of rotatable bonds is 5. The highest BCUT2D eigenvalue weighted by atomic mass is 19.3. The second kappa shape index (κ2) is 7.36. The normalized spacial score (nSPS) is 17.5. The number of para-hydroxylation sites is 1. The maximum atomic E-state index is 12.4. The first kappa shape index (κ1) is 15.7. The van der Waals surface area contributed by atoms with Crippen LogP contribution < -0.4 is 15.4 Å². The average Bonchev–Trinajstić information content (AvgIpc) is 2.48. The lowest BCUT2D eigenvalue weighted by Crippen LogP contribution is -2.42. The minimum Gasteiger partial charge on any atom is -0.434 e. The van der Waals surface area contributed by atoms with Gasteiger partial charge in [-0.15, -0.1) is 0 Å². The zero-order chi connectivity index (χ0) is 15.2. The van der Waals surface area contributed by atoms with E-state index in [9.17, 15) is 13.6 Å². The second-order valence-electron chi connectivity index (χ2n) is 5.22. The minimum absolute atomic E-state index is 0.000735. The fraction of sp³-hybridized carbons (Fsp3) is 0.533. The number of alkyl halides is 2. The summed E-state index contributed by atoms with van der Waals surface area (Å²) in [6.45, 7) is 0.886. The van der Waals surface area contributed by atoms with Crippen LogP contribution in [-0.2, 0) is 0 Å². The molecule has 6 heteroatoms. The zero-order valence-electron chi connectivity index (χ0n) is 11.9. The molecule has 0 aliphatic carbocycles. The molecule has 1 aliphatic rings. The third-order valence-corrected chi connectivity index (χ3v) is 3.80. The van der Waals surface area contributed by atoms with Crippen LogP contribution in [0.15, 0.2) is 24.3 Å². The van der Waals surface area contributed by atoms with Gasteiger partial charge in [-0.3, -0.25) is 4.79 Å². The topological polar surface area (TPSA) is 50.4 Å². The summed E-state index contributed by atoms with van der Waals surface area (Å²) in [7, 11) is 0. The van der Waals surface area contributed by atoms with Gasteiger partial charge in [0, 0.05) is 6.04 Å². The fourth-order valence-electron chi connectivity index (χ4n) is 2.60. The molecule has 0 spiro atoms. The van der Waals surface area contributed by atoms with E-state index < -0.39 is 6.61 Å². The van der Waals surface area contributed by atoms with Crippen molar-refractivity contribution in [1.29, 1.82) is 0 Å². The summed E-state index contributed by atoms with van der Waals surface area (Å²) in [5, 5.41) is 6.16. The van der Waals surface area contributed by atoms with Gasteiger partial charge in [0.05, 0.1) is 5.56 Å². The number of hydrogen-bond donors (Lipinski definition) is 2. The Bertz CT molecular complexity index is 476. The van der Waals surface area contributed by atoms with Gasteiger partial charge in [0.25, 0.3) is 5.91 Å². The van der Waals surface area contributed by atoms with Crippen LogP contribution in [0.1, 0.15) is 30.1 Å². The lowest BCUT2D eigenvalue weighted by atomic mass is 9.91. The van der Waals surface area contributed by atoms with Crippen molar-refractivity contribution in [1.82, 2.24) is 10.6 Å². The predicted octanol–water partition coefficient (Wildman–Crippen LogP) is 2.41. The summed E-state index contributed by atoms with van der Waals surface area (Å²) >= 11 is 0. The number of ether oxygens (including phenoxy) is 1. The first-order valence-corrected chi connectivity index (χ1v) is 7.13. The summed E-state index contributed by atoms with van der Waals surface area (Å²) in [5.74, 6) is -0.0711. The molecule has 0 bridgehead atoms. The molecule has 1 aliphatic heterocycles. The van der Waals surface area contributed by atoms with Crippen LogP contribution in [-0.4, -0.2) is 31.7 Å². The van der Waals surface area contributed by atoms with Crippen molar-refractivity contribution in [3.05, 3.63) is 29.8 Å². The molecule has 0 saturated carbocycles. The van der Waals surface area contributed by atoms with Crippen LogP contribution in [0.3, 0.4) is 0 Å². The first-order chi connectivity index (χ1) is 10.1. The average molecular weight is 298 g/mol. The Kier molecular flexibility index (Phi) is 5.50. The molecular weight excluding hydrogens is 278 g/mol. The van der Waals surface area contributed by atoms with Gasteiger partial charge in [-0.2, -0.15) is 8.78 Å². The second-order valence-corrected chi connectivity index (χ2v) is 5.22. The molecule has 4 nitrogen and oxygen atoms in total. The molecule has 1 unspecified atom stereocenters. The Morgan fingerprint density at radius 2 is 2.00 bits per heavy atom. The number of amides is 1. The molecule has 1 heterocycles. The highest BCUT2D eigenvalue weighted by Gasteiger charge is 2.23. The lowest BCUT2D eigenvalue weighted by Gasteiger charge is -2.29. The van der Waals surface area contributed by atoms with Gasteiger partial charge < -0.3 is 15.4 Å². The Morgan fingerprint density at radius 1 is 1.33 bits per heavy atom. The molecule has 2 rings (SSSR count). The molecule has 1 aromatic rings. The summed E-state index contributed by atoms with van der Waals surface area (Å²) in [6, 6.07) is 6.05. The maximum Gasteiger partial charge on any atom is 0.387 e. The molecule has 0 radical (unpaired) electrons. The van der Waals surface area contributed by atoms with E-state index in [-0.39, 0.29) is 23.3 Å². The SMILES string of the molecule is CC(NC(=O)c1ccccc1OC(F)F)C1CCNCC1. The van der Waals surface area contributed by atoms with E-state index in [1.54, 1.807) is 12.1 Å². The number of carbonyl (C=O) groups excluding carboxylic acids is 1. The first-order valence-electron chi connectivity index (χ1n) is 7.13. The Morgan fingerprint density at radius 3 is 2.67 bits per heavy atom. The highest BCUT2D eigenvalue weighted by molar-refractivity contribution is 5.97. The molecule has 1 atom stereocenters. The molecule has 116 valence electrons. The molecule has 1 saturated heterocycles. The smallest absolute Gasteiger partial charge is 0.387 e. The van der Waals surface area contributed by atoms with Crippen LogP contribution in [0.2, 0.25) is 0 Å². The Balaban J connectivity index is 2.02. The zero-order valence-corrected chi connectivity index (χ0v) is 11.9. The third-order valence-electron chi connectivity index (χ3n) is 3.80. The predicted molar refractivity (Wildman–Crippen MR) is 75.6 cm³/mol. The largest absolute Gasteiger partial charge is 0.434 e. The lowest BCUT2D eigenvalue weighted by molar-refractivity contribution is -0.0501. The van der Waals surface area contributed by atoms with E-state index in [0.29, 0.717) is 5.92 Å². The van der Waals surface area contributed by atoms with Gasteiger partial charge in [-0.25, -0.2) is 0 Å². The number of piperidine rings is 1. The van der Waals surface area contributed by atoms with Crippen LogP contribution in [0.4, 0.5) is 8.78 Å². The standard InChI is InChI=1S/C15H20F2N2O2/c1-10(11-6-8-18-9-7-11)19-14(20)12-4-2-3-5-13(12)21-15(16)17/h2-5,10-11,15,18H,6-9H2,1H3,(H,19,20). The molecule has 21 heavy (non-hydrogen) atoms. The van der Waals surface area contributed by atoms with Crippen LogP contribution in [0.5, 0.6) is 5.75 Å². The van der Waals surface area contributed by atoms with E-state index >= 15 is 0 Å². The number of hydrogen-bond acceptors (Lipinski definition) is 3. The van der Waals surface area contributed by atoms with Crippen molar-refractivity contribution < 1.29 is 18.3 Å². The van der Waals surface area contributed by atoms with Crippen LogP contribution in [0.25, 0.3) is 0 Å². The Hall–Kier alpha value is -1.69. The van der Waals surface area contributed by atoms with E-state index in [1.807, 2.05) is 6.92 Å². The van der Waals surface area contributed by atoms with Gasteiger partial charge in [0.15, 0.2) is 0 Å². The highest BCUT2D eigenvalue weighted by Crippen LogP contribution is 2.21. The third kappa shape index (κ3) is 4.39. The van der Waals surface area contributed by atoms with E-state index in [0.717, 1.165) is 25.9 Å². The monoisotopic (exact) mass is 298 g/mol. The van der Waals surface area contributed by atoms with Crippen molar-refractivity contribution in [2.45, 2.75) is 32.4 Å². The molecule has 1 amide bonds. The maximum absolute atomic E-state index is 12.4. The van der Waals surface area contributed by atoms with Crippen molar-refractivity contribution in [2.75, 3.05) is 13.1 Å². The number of halogens is 2. The minimum atomic E-state index is -2.94. The quantitative estimate of drug-likeness (QED) is 0.877. The molecule has 1 fully saturated rings. The van der Waals surface area contributed by atoms with Crippen LogP contribution >= 0.6 is 0 Å². The van der Waals surface area contributed by atoms with Crippen molar-refractivity contribution in [3.8, 4) is 5.75 Å². The van der Waals surface area contributed by atoms with Crippen molar-refractivity contribution in [3.63, 3.8) is 0 Å². The Labute approximate surface area is 122 Å². The molecule has 0 aromatic heterocycles. The number of carbonyl (C=O) groups is 1. The van der Waals surface area contributed by atoms with Gasteiger partial charge in [0.1, 0.15) is 5.75 Å². The molecular formula is C15H20F2N2O2. The van der Waals surface area contributed by atoms with Crippen molar-refractivity contribution in [2.24, 2.45) is 5.92 Å². The molecule has 2 N–H and O–H groups in total. The van der Waals surface area contributed by atoms with Gasteiger partial charge in [-0.1, -0.05) is 12.1 Å². The summed E-state index contributed by atoms with van der Waals surface area (Å²) in [4.78, 5) is 12.2. The van der Waals surface area contributed by atoms with Crippen LogP contribution in [0, 0.1) is 5.92 Å². The van der Waals surface area contributed by atoms with E-state index in [4.69, 9.17) is 0 Å². The van der Waals surface area contributed by atoms with E-state index in [1.165, 1.54) is 12.1 Å². The fourth-order valence-corrected chi connectivity index (χ4v) is 2.60. The number of benzene rings is 1. The van der Waals surface area contributed by atoms with Gasteiger partial charge in [-0.05, 0) is 50.9 Å². The number of nitrogens with one attached hydrogen (secondary N) is 2. The van der Waals surface area contributed by atoms with Crippen molar-refractivity contribution >= 4 is 5.91 Å². The molecule has 1 aromatic carbocycles. The van der Waals surface area contributed by atoms with Gasteiger partial charge >= 0.3 is 6.61 Å². The van der Waals surface area contributed by atoms with Gasteiger partial charge in [0.2, 0.25) is 0 Å². The summed E-state index contributed by atoms with van der Waals surface area (Å²) in [6.07, 6.45) is 1.99. The summed E-state index contributed by atoms with van der Waals surface area (Å²) < 4.78 is 29.1.